The molecule has 0 bridgehead atoms. The molecular weight excluding hydrogens is 228 g/mol. The molecule has 2 heterocycles. The molecule has 1 fully saturated rings. The highest BCUT2D eigenvalue weighted by molar-refractivity contribution is 7.91. The van der Waals surface area contributed by atoms with Gasteiger partial charge in [-0.3, -0.25) is 0 Å². The molecule has 2 rings (SSSR count). The Kier molecular flexibility index (Phi) is 2.43. The van der Waals surface area contributed by atoms with Gasteiger partial charge in [0, 0.05) is 11.8 Å². The lowest BCUT2D eigenvalue weighted by atomic mass is 9.90. The van der Waals surface area contributed by atoms with E-state index >= 15 is 0 Å². The predicted octanol–water partition coefficient (Wildman–Crippen LogP) is -0.0217. The molecule has 1 aliphatic rings. The molecule has 3 N–H and O–H groups in total. The summed E-state index contributed by atoms with van der Waals surface area (Å²) in [5.74, 6) is -0.0619. The molecule has 0 radical (unpaired) electrons. The van der Waals surface area contributed by atoms with Gasteiger partial charge in [0.15, 0.2) is 9.84 Å². The minimum absolute atomic E-state index is 0.00270. The third-order valence-electron chi connectivity index (χ3n) is 2.94. The van der Waals surface area contributed by atoms with Crippen LogP contribution in [0.5, 0.6) is 0 Å². The average Bonchev–Trinajstić information content (AvgIpc) is 2.41. The van der Waals surface area contributed by atoms with Crippen LogP contribution in [0.2, 0.25) is 0 Å². The summed E-state index contributed by atoms with van der Waals surface area (Å²) >= 11 is 0. The highest BCUT2D eigenvalue weighted by atomic mass is 32.2. The van der Waals surface area contributed by atoms with Crippen molar-refractivity contribution in [1.29, 1.82) is 0 Å². The Morgan fingerprint density at radius 3 is 2.75 bits per heavy atom. The Hall–Kier alpha value is -1.14. The van der Waals surface area contributed by atoms with E-state index in [2.05, 4.69) is 4.98 Å². The number of aryl methyl sites for hydroxylation is 1. The summed E-state index contributed by atoms with van der Waals surface area (Å²) in [5.41, 5.74) is 5.56. The fourth-order valence-corrected chi connectivity index (χ4v) is 4.02. The van der Waals surface area contributed by atoms with Gasteiger partial charge in [0.05, 0.1) is 11.5 Å². The van der Waals surface area contributed by atoms with Crippen LogP contribution in [0.3, 0.4) is 0 Å². The second-order valence-electron chi connectivity index (χ2n) is 4.26. The van der Waals surface area contributed by atoms with Crippen molar-refractivity contribution in [2.45, 2.75) is 18.9 Å². The molecule has 88 valence electrons. The number of hydrogen-bond acceptors (Lipinski definition) is 5. The van der Waals surface area contributed by atoms with Gasteiger partial charge in [0.25, 0.3) is 0 Å². The van der Waals surface area contributed by atoms with Crippen LogP contribution < -0.4 is 5.73 Å². The molecule has 1 saturated heterocycles. The van der Waals surface area contributed by atoms with Crippen molar-refractivity contribution in [2.75, 3.05) is 17.2 Å². The zero-order valence-corrected chi connectivity index (χ0v) is 9.79. The molecule has 1 aromatic heterocycles. The van der Waals surface area contributed by atoms with Crippen molar-refractivity contribution in [3.63, 3.8) is 0 Å². The number of aromatic nitrogens is 1. The summed E-state index contributed by atoms with van der Waals surface area (Å²) in [6, 6.07) is 1.72. The van der Waals surface area contributed by atoms with Crippen molar-refractivity contribution < 1.29 is 13.5 Å². The van der Waals surface area contributed by atoms with E-state index in [9.17, 15) is 13.5 Å². The number of nitrogens with two attached hydrogens (primary N) is 1. The van der Waals surface area contributed by atoms with E-state index in [1.54, 1.807) is 19.2 Å². The van der Waals surface area contributed by atoms with E-state index in [4.69, 9.17) is 5.73 Å². The van der Waals surface area contributed by atoms with Gasteiger partial charge in [-0.2, -0.15) is 0 Å². The first kappa shape index (κ1) is 11.3. The average molecular weight is 242 g/mol. The molecule has 0 aromatic carbocycles. The summed E-state index contributed by atoms with van der Waals surface area (Å²) in [6.07, 6.45) is 1.73. The van der Waals surface area contributed by atoms with Crippen molar-refractivity contribution >= 4 is 15.7 Å². The molecule has 0 spiro atoms. The lowest BCUT2D eigenvalue weighted by Gasteiger charge is -2.24. The minimum atomic E-state index is -3.17. The van der Waals surface area contributed by atoms with Gasteiger partial charge in [0.2, 0.25) is 0 Å². The number of pyridine rings is 1. The number of hydrogen-bond donors (Lipinski definition) is 2. The first-order valence-electron chi connectivity index (χ1n) is 4.98. The number of aliphatic hydroxyl groups is 1. The van der Waals surface area contributed by atoms with Gasteiger partial charge in [-0.1, -0.05) is 0 Å². The summed E-state index contributed by atoms with van der Waals surface area (Å²) in [7, 11) is -3.17. The molecule has 0 aliphatic carbocycles. The molecule has 1 aliphatic heterocycles. The Morgan fingerprint density at radius 2 is 2.25 bits per heavy atom. The standard InChI is InChI=1S/C10H14N2O3S/c1-7-2-4-12-9(11)8(7)10(13)3-5-16(14,15)6-10/h2,4,13H,3,5-6H2,1H3,(H2,11,12). The lowest BCUT2D eigenvalue weighted by Crippen LogP contribution is -2.29. The second-order valence-corrected chi connectivity index (χ2v) is 6.45. The third-order valence-corrected chi connectivity index (χ3v) is 4.68. The zero-order valence-electron chi connectivity index (χ0n) is 8.97. The van der Waals surface area contributed by atoms with Crippen LogP contribution in [-0.4, -0.2) is 30.0 Å². The van der Waals surface area contributed by atoms with Crippen LogP contribution in [0.1, 0.15) is 17.5 Å². The molecule has 0 amide bonds. The summed E-state index contributed by atoms with van der Waals surface area (Å²) in [4.78, 5) is 3.90. The monoisotopic (exact) mass is 242 g/mol. The first-order valence-corrected chi connectivity index (χ1v) is 6.81. The van der Waals surface area contributed by atoms with Crippen molar-refractivity contribution in [3.8, 4) is 0 Å². The highest BCUT2D eigenvalue weighted by Gasteiger charge is 2.44. The highest BCUT2D eigenvalue weighted by Crippen LogP contribution is 2.37. The topological polar surface area (TPSA) is 93.3 Å². The quantitative estimate of drug-likeness (QED) is 0.721. The van der Waals surface area contributed by atoms with Crippen LogP contribution in [-0.2, 0) is 15.4 Å². The Bertz CT molecular complexity index is 507. The molecule has 5 nitrogen and oxygen atoms in total. The normalized spacial score (nSPS) is 28.1. The molecule has 6 heteroatoms. The number of sulfone groups is 1. The van der Waals surface area contributed by atoms with Crippen molar-refractivity contribution in [3.05, 3.63) is 23.4 Å². The summed E-state index contributed by atoms with van der Waals surface area (Å²) < 4.78 is 22.8. The maximum absolute atomic E-state index is 11.4. The zero-order chi connectivity index (χ0) is 12.0. The lowest BCUT2D eigenvalue weighted by molar-refractivity contribution is 0.0651. The second kappa shape index (κ2) is 3.43. The van der Waals surface area contributed by atoms with Gasteiger partial charge in [-0.05, 0) is 25.0 Å². The third kappa shape index (κ3) is 1.78. The number of nitrogen functional groups attached to an aromatic ring is 1. The molecule has 1 atom stereocenters. The molecular formula is C10H14N2O3S. The van der Waals surface area contributed by atoms with E-state index in [1.807, 2.05) is 0 Å². The van der Waals surface area contributed by atoms with E-state index in [-0.39, 0.29) is 23.7 Å². The SMILES string of the molecule is Cc1ccnc(N)c1C1(O)CCS(=O)(=O)C1. The van der Waals surface area contributed by atoms with Gasteiger partial charge in [-0.15, -0.1) is 0 Å². The van der Waals surface area contributed by atoms with Crippen LogP contribution in [0, 0.1) is 6.92 Å². The van der Waals surface area contributed by atoms with E-state index in [0.29, 0.717) is 5.56 Å². The Labute approximate surface area is 94.2 Å². The van der Waals surface area contributed by atoms with E-state index < -0.39 is 15.4 Å². The Balaban J connectivity index is 2.53. The molecule has 0 saturated carbocycles. The van der Waals surface area contributed by atoms with Crippen molar-refractivity contribution in [2.24, 2.45) is 0 Å². The minimum Gasteiger partial charge on any atom is -0.384 e. The van der Waals surface area contributed by atoms with Crippen LogP contribution in [0.25, 0.3) is 0 Å². The van der Waals surface area contributed by atoms with Crippen LogP contribution in [0.4, 0.5) is 5.82 Å². The smallest absolute Gasteiger partial charge is 0.153 e. The predicted molar refractivity (Wildman–Crippen MR) is 60.6 cm³/mol. The maximum Gasteiger partial charge on any atom is 0.153 e. The summed E-state index contributed by atoms with van der Waals surface area (Å²) in [5, 5.41) is 10.4. The number of nitrogens with zero attached hydrogens (tertiary/aromatic N) is 1. The first-order chi connectivity index (χ1) is 7.34. The van der Waals surface area contributed by atoms with Gasteiger partial charge >= 0.3 is 0 Å². The van der Waals surface area contributed by atoms with Crippen LogP contribution >= 0.6 is 0 Å². The van der Waals surface area contributed by atoms with Gasteiger partial charge in [-0.25, -0.2) is 13.4 Å². The fraction of sp³-hybridized carbons (Fsp3) is 0.500. The van der Waals surface area contributed by atoms with Crippen molar-refractivity contribution in [1.82, 2.24) is 4.98 Å². The van der Waals surface area contributed by atoms with E-state index in [1.165, 1.54) is 0 Å². The molecule has 1 aromatic rings. The van der Waals surface area contributed by atoms with Gasteiger partial charge < -0.3 is 10.8 Å². The maximum atomic E-state index is 11.4. The fourth-order valence-electron chi connectivity index (χ4n) is 2.21. The summed E-state index contributed by atoms with van der Waals surface area (Å²) in [6.45, 7) is 1.79. The van der Waals surface area contributed by atoms with E-state index in [0.717, 1.165) is 5.56 Å². The molecule has 1 unspecified atom stereocenters. The number of anilines is 1. The largest absolute Gasteiger partial charge is 0.384 e. The number of rotatable bonds is 1. The van der Waals surface area contributed by atoms with Gasteiger partial charge in [0.1, 0.15) is 11.4 Å². The van der Waals surface area contributed by atoms with Crippen LogP contribution in [0.15, 0.2) is 12.3 Å². The molecule has 16 heavy (non-hydrogen) atoms. The Morgan fingerprint density at radius 1 is 1.56 bits per heavy atom.